The molecule has 1 heterocycles. The summed E-state index contributed by atoms with van der Waals surface area (Å²) in [4.78, 5) is 10.1. The molecular formula is C16H24N2O3S. The van der Waals surface area contributed by atoms with Crippen molar-refractivity contribution in [2.24, 2.45) is 0 Å². The van der Waals surface area contributed by atoms with E-state index in [1.807, 2.05) is 6.07 Å². The third kappa shape index (κ3) is 3.87. The minimum atomic E-state index is -3.58. The van der Waals surface area contributed by atoms with E-state index in [4.69, 9.17) is 4.84 Å². The van der Waals surface area contributed by atoms with E-state index < -0.39 is 10.0 Å². The zero-order valence-corrected chi connectivity index (χ0v) is 13.7. The molecule has 3 rings (SSSR count). The second-order valence-electron chi connectivity index (χ2n) is 6.12. The predicted octanol–water partition coefficient (Wildman–Crippen LogP) is 1.87. The van der Waals surface area contributed by atoms with Crippen LogP contribution in [0.5, 0.6) is 0 Å². The summed E-state index contributed by atoms with van der Waals surface area (Å²) < 4.78 is 24.5. The van der Waals surface area contributed by atoms with Crippen LogP contribution in [0.1, 0.15) is 36.8 Å². The molecule has 1 aliphatic carbocycles. The second-order valence-corrected chi connectivity index (χ2v) is 7.77. The van der Waals surface area contributed by atoms with Crippen LogP contribution in [0.15, 0.2) is 23.1 Å². The fraction of sp³-hybridized carbons (Fsp3) is 0.625. The first-order valence-corrected chi connectivity index (χ1v) is 9.61. The number of hydrogen-bond acceptors (Lipinski definition) is 4. The van der Waals surface area contributed by atoms with Crippen molar-refractivity contribution in [3.05, 3.63) is 29.3 Å². The number of piperidine rings is 1. The lowest BCUT2D eigenvalue weighted by molar-refractivity contribution is 0.0656. The van der Waals surface area contributed by atoms with Crippen molar-refractivity contribution >= 4 is 10.0 Å². The first-order valence-electron chi connectivity index (χ1n) is 8.13. The van der Waals surface area contributed by atoms with Gasteiger partial charge in [0.05, 0.1) is 11.5 Å². The van der Waals surface area contributed by atoms with Crippen LogP contribution in [0.2, 0.25) is 0 Å². The summed E-state index contributed by atoms with van der Waals surface area (Å²) in [6.45, 7) is 3.32. The quantitative estimate of drug-likeness (QED) is 0.641. The van der Waals surface area contributed by atoms with E-state index in [0.29, 0.717) is 11.5 Å². The zero-order valence-electron chi connectivity index (χ0n) is 12.9. The fourth-order valence-electron chi connectivity index (χ4n) is 3.24. The summed E-state index contributed by atoms with van der Waals surface area (Å²) in [5.74, 6) is 0. The molecule has 0 atom stereocenters. The number of rotatable bonds is 6. The van der Waals surface area contributed by atoms with Crippen LogP contribution < -0.4 is 4.89 Å². The Kier molecular flexibility index (Phi) is 5.13. The zero-order chi connectivity index (χ0) is 15.4. The molecular weight excluding hydrogens is 300 g/mol. The van der Waals surface area contributed by atoms with Gasteiger partial charge in [0.25, 0.3) is 10.0 Å². The number of nitrogens with one attached hydrogen (secondary N) is 1. The summed E-state index contributed by atoms with van der Waals surface area (Å²) in [7, 11) is -3.58. The molecule has 1 fully saturated rings. The average Bonchev–Trinajstić information content (AvgIpc) is 3.00. The minimum absolute atomic E-state index is 0.297. The standard InChI is InChI=1S/C16H24N2O3S/c19-22(20,16-8-7-14-5-4-6-15(14)13-16)17-21-12-11-18-9-2-1-3-10-18/h7-8,13,17H,1-6,9-12H2. The maximum Gasteiger partial charge on any atom is 0.262 e. The molecule has 1 aliphatic heterocycles. The van der Waals surface area contributed by atoms with Crippen LogP contribution in [-0.2, 0) is 27.7 Å². The monoisotopic (exact) mass is 324 g/mol. The molecule has 1 aromatic carbocycles. The van der Waals surface area contributed by atoms with E-state index in [0.717, 1.165) is 44.5 Å². The number of hydrogen-bond donors (Lipinski definition) is 1. The molecule has 0 aromatic heterocycles. The first kappa shape index (κ1) is 15.9. The van der Waals surface area contributed by atoms with Crippen LogP contribution in [-0.4, -0.2) is 39.6 Å². The Bertz CT molecular complexity index is 610. The van der Waals surface area contributed by atoms with Gasteiger partial charge in [-0.25, -0.2) is 8.42 Å². The number of sulfonamides is 1. The summed E-state index contributed by atoms with van der Waals surface area (Å²) in [6, 6.07) is 5.36. The van der Waals surface area contributed by atoms with Gasteiger partial charge in [0.15, 0.2) is 0 Å². The van der Waals surface area contributed by atoms with Crippen molar-refractivity contribution in [1.29, 1.82) is 0 Å². The van der Waals surface area contributed by atoms with Crippen molar-refractivity contribution in [3.8, 4) is 0 Å². The van der Waals surface area contributed by atoms with E-state index in [2.05, 4.69) is 9.79 Å². The van der Waals surface area contributed by atoms with Crippen molar-refractivity contribution < 1.29 is 13.3 Å². The number of likely N-dealkylation sites (tertiary alicyclic amines) is 1. The minimum Gasteiger partial charge on any atom is -0.301 e. The fourth-order valence-corrected chi connectivity index (χ4v) is 4.12. The molecule has 1 N–H and O–H groups in total. The Labute approximate surface area is 132 Å². The highest BCUT2D eigenvalue weighted by atomic mass is 32.2. The Balaban J connectivity index is 1.50. The lowest BCUT2D eigenvalue weighted by Crippen LogP contribution is -2.35. The highest BCUT2D eigenvalue weighted by Gasteiger charge is 2.18. The van der Waals surface area contributed by atoms with Crippen molar-refractivity contribution in [2.45, 2.75) is 43.4 Å². The second kappa shape index (κ2) is 7.08. The van der Waals surface area contributed by atoms with Gasteiger partial charge in [-0.1, -0.05) is 17.4 Å². The smallest absolute Gasteiger partial charge is 0.262 e. The van der Waals surface area contributed by atoms with Crippen molar-refractivity contribution in [3.63, 3.8) is 0 Å². The largest absolute Gasteiger partial charge is 0.301 e. The molecule has 0 spiro atoms. The molecule has 0 amide bonds. The molecule has 22 heavy (non-hydrogen) atoms. The maximum absolute atomic E-state index is 12.2. The third-order valence-corrected chi connectivity index (χ3v) is 5.72. The van der Waals surface area contributed by atoms with Crippen LogP contribution in [0.3, 0.4) is 0 Å². The van der Waals surface area contributed by atoms with Crippen molar-refractivity contribution in [1.82, 2.24) is 9.79 Å². The molecule has 0 radical (unpaired) electrons. The Hall–Kier alpha value is -0.950. The number of benzene rings is 1. The first-order chi connectivity index (χ1) is 10.6. The lowest BCUT2D eigenvalue weighted by atomic mass is 10.1. The van der Waals surface area contributed by atoms with Gasteiger partial charge in [-0.2, -0.15) is 0 Å². The van der Waals surface area contributed by atoms with Gasteiger partial charge in [0, 0.05) is 6.54 Å². The van der Waals surface area contributed by atoms with E-state index >= 15 is 0 Å². The summed E-state index contributed by atoms with van der Waals surface area (Å²) >= 11 is 0. The lowest BCUT2D eigenvalue weighted by Gasteiger charge is -2.25. The SMILES string of the molecule is O=S(=O)(NOCCN1CCCCC1)c1ccc2c(c1)CCC2. The topological polar surface area (TPSA) is 58.6 Å². The summed E-state index contributed by atoms with van der Waals surface area (Å²) in [5.41, 5.74) is 2.42. The Morgan fingerprint density at radius 1 is 1.05 bits per heavy atom. The molecule has 1 saturated heterocycles. The predicted molar refractivity (Wildman–Crippen MR) is 85.0 cm³/mol. The molecule has 6 heteroatoms. The molecule has 0 unspecified atom stereocenters. The molecule has 0 bridgehead atoms. The number of fused-ring (bicyclic) bond motifs is 1. The van der Waals surface area contributed by atoms with Gasteiger partial charge in [-0.3, -0.25) is 4.84 Å². The highest BCUT2D eigenvalue weighted by Crippen LogP contribution is 2.24. The van der Waals surface area contributed by atoms with Crippen LogP contribution >= 0.6 is 0 Å². The third-order valence-electron chi connectivity index (χ3n) is 4.51. The van der Waals surface area contributed by atoms with Gasteiger partial charge in [0.2, 0.25) is 0 Å². The summed E-state index contributed by atoms with van der Waals surface area (Å²) in [6.07, 6.45) is 6.87. The van der Waals surface area contributed by atoms with Crippen LogP contribution in [0.25, 0.3) is 0 Å². The van der Waals surface area contributed by atoms with E-state index in [9.17, 15) is 8.42 Å². The average molecular weight is 324 g/mol. The van der Waals surface area contributed by atoms with Crippen LogP contribution in [0, 0.1) is 0 Å². The molecule has 2 aliphatic rings. The molecule has 0 saturated carbocycles. The molecule has 5 nitrogen and oxygen atoms in total. The summed E-state index contributed by atoms with van der Waals surface area (Å²) in [5, 5.41) is 0. The van der Waals surface area contributed by atoms with E-state index in [1.54, 1.807) is 12.1 Å². The maximum atomic E-state index is 12.2. The van der Waals surface area contributed by atoms with Gasteiger partial charge in [0.1, 0.15) is 0 Å². The normalized spacial score (nSPS) is 19.3. The van der Waals surface area contributed by atoms with Crippen LogP contribution in [0.4, 0.5) is 0 Å². The van der Waals surface area contributed by atoms with Gasteiger partial charge in [-0.15, -0.1) is 0 Å². The highest BCUT2D eigenvalue weighted by molar-refractivity contribution is 7.89. The Morgan fingerprint density at radius 3 is 2.64 bits per heavy atom. The van der Waals surface area contributed by atoms with Crippen molar-refractivity contribution in [2.75, 3.05) is 26.2 Å². The van der Waals surface area contributed by atoms with Gasteiger partial charge in [-0.05, 0) is 68.5 Å². The van der Waals surface area contributed by atoms with Gasteiger partial charge >= 0.3 is 0 Å². The number of aryl methyl sites for hydroxylation is 2. The molecule has 122 valence electrons. The Morgan fingerprint density at radius 2 is 1.82 bits per heavy atom. The molecule has 1 aromatic rings. The van der Waals surface area contributed by atoms with E-state index in [1.165, 1.54) is 24.8 Å². The van der Waals surface area contributed by atoms with E-state index in [-0.39, 0.29) is 0 Å². The van der Waals surface area contributed by atoms with Gasteiger partial charge < -0.3 is 4.90 Å². The number of nitrogens with zero attached hydrogens (tertiary/aromatic N) is 1.